The molecule has 0 aliphatic heterocycles. The smallest absolute Gasteiger partial charge is 0.192 e. The van der Waals surface area contributed by atoms with Gasteiger partial charge in [0.1, 0.15) is 0 Å². The lowest BCUT2D eigenvalue weighted by Crippen LogP contribution is -2.07. The van der Waals surface area contributed by atoms with Crippen molar-refractivity contribution >= 4 is 75.4 Å². The number of halogens is 3. The Bertz CT molecular complexity index is 3750. The quantitative estimate of drug-likeness (QED) is 0.163. The number of nitrogens with zero attached hydrogens (tertiary/aromatic N) is 1. The molecule has 0 heterocycles. The highest BCUT2D eigenvalue weighted by Crippen LogP contribution is 2.55. The lowest BCUT2D eigenvalue weighted by Gasteiger charge is -2.19. The van der Waals surface area contributed by atoms with E-state index in [1.165, 1.54) is 77.1 Å². The molecule has 0 aliphatic carbocycles. The second-order valence-corrected chi connectivity index (χ2v) is 15.7. The Morgan fingerprint density at radius 1 is 0.333 bits per heavy atom. The summed E-state index contributed by atoms with van der Waals surface area (Å²) in [5, 5.41) is 26.1. The molecule has 0 saturated carbocycles. The summed E-state index contributed by atoms with van der Waals surface area (Å²) in [6, 6.07) is 63.1. The van der Waals surface area contributed by atoms with Gasteiger partial charge in [0.25, 0.3) is 0 Å². The minimum absolute atomic E-state index is 0.0293. The molecule has 0 bridgehead atoms. The van der Waals surface area contributed by atoms with Gasteiger partial charge in [0, 0.05) is 0 Å². The van der Waals surface area contributed by atoms with Gasteiger partial charge in [0.05, 0.1) is 17.2 Å². The summed E-state index contributed by atoms with van der Waals surface area (Å²) in [5.74, 6) is 0. The Labute approximate surface area is 342 Å². The summed E-state index contributed by atoms with van der Waals surface area (Å²) in [7, 11) is 0. The maximum atomic E-state index is 14.4. The molecule has 1 nitrogen and oxygen atoms in total. The summed E-state index contributed by atoms with van der Waals surface area (Å²) in [6.07, 6.45) is -4.63. The predicted octanol–water partition coefficient (Wildman–Crippen LogP) is 16.2. The van der Waals surface area contributed by atoms with E-state index in [1.54, 1.807) is 6.07 Å². The number of nitriles is 1. The van der Waals surface area contributed by atoms with Gasteiger partial charge in [0.2, 0.25) is 0 Å². The van der Waals surface area contributed by atoms with E-state index in [-0.39, 0.29) is 11.1 Å². The van der Waals surface area contributed by atoms with Crippen molar-refractivity contribution in [3.05, 3.63) is 193 Å². The molecule has 0 unspecified atom stereocenters. The fourth-order valence-electron chi connectivity index (χ4n) is 10.2. The molecule has 0 radical (unpaired) electrons. The fourth-order valence-corrected chi connectivity index (χ4v) is 10.2. The van der Waals surface area contributed by atoms with Crippen LogP contribution in [0.4, 0.5) is 13.2 Å². The van der Waals surface area contributed by atoms with Crippen LogP contribution in [0.1, 0.15) is 11.1 Å². The minimum atomic E-state index is -4.63. The van der Waals surface area contributed by atoms with Gasteiger partial charge in [-0.3, -0.25) is 0 Å². The van der Waals surface area contributed by atoms with Gasteiger partial charge < -0.3 is 0 Å². The van der Waals surface area contributed by atoms with Gasteiger partial charge in [-0.25, -0.2) is 0 Å². The van der Waals surface area contributed by atoms with Crippen LogP contribution in [0.2, 0.25) is 0 Å². The van der Waals surface area contributed by atoms with E-state index in [2.05, 4.69) is 140 Å². The third-order valence-electron chi connectivity index (χ3n) is 12.6. The van der Waals surface area contributed by atoms with Crippen LogP contribution < -0.4 is 0 Å². The molecule has 0 fully saturated rings. The average Bonchev–Trinajstić information content (AvgIpc) is 3.80. The first-order chi connectivity index (χ1) is 29.4. The lowest BCUT2D eigenvalue weighted by molar-refractivity contribution is -0.137. The van der Waals surface area contributed by atoms with Gasteiger partial charge in [-0.1, -0.05) is 158 Å². The van der Waals surface area contributed by atoms with Crippen molar-refractivity contribution < 1.29 is 13.2 Å². The first-order valence-corrected chi connectivity index (χ1v) is 20.0. The van der Waals surface area contributed by atoms with Gasteiger partial charge >= 0.3 is 6.18 Å². The van der Waals surface area contributed by atoms with E-state index in [0.717, 1.165) is 49.9 Å². The van der Waals surface area contributed by atoms with E-state index in [4.69, 9.17) is 0 Å². The zero-order chi connectivity index (χ0) is 40.3. The second-order valence-electron chi connectivity index (χ2n) is 15.7. The summed E-state index contributed by atoms with van der Waals surface area (Å²) in [5.41, 5.74) is 6.00. The summed E-state index contributed by atoms with van der Waals surface area (Å²) >= 11 is 0. The molecule has 280 valence electrons. The summed E-state index contributed by atoms with van der Waals surface area (Å²) in [4.78, 5) is 0. The zero-order valence-corrected chi connectivity index (χ0v) is 31.9. The van der Waals surface area contributed by atoms with E-state index in [0.29, 0.717) is 5.56 Å². The molecule has 0 amide bonds. The number of hydrogen-bond donors (Lipinski definition) is 0. The Balaban J connectivity index is 1.24. The van der Waals surface area contributed by atoms with Crippen LogP contribution in [0, 0.1) is 11.3 Å². The molecule has 0 aliphatic rings. The maximum Gasteiger partial charge on any atom is 0.417 e. The van der Waals surface area contributed by atoms with Crippen molar-refractivity contribution in [3.8, 4) is 50.6 Å². The van der Waals surface area contributed by atoms with Crippen molar-refractivity contribution in [2.75, 3.05) is 0 Å². The van der Waals surface area contributed by atoms with Crippen molar-refractivity contribution in [1.82, 2.24) is 0 Å². The SMILES string of the molecule is N#Cc1ccc(-c2cccc(-c3ccc4c5c(-c6ccccc6)c6c(cc7c8ccccc8c8cccc6c87)c(-c6ccccc6)c5c5cccc3c54)c2)c(C(F)(F)F)c1. The van der Waals surface area contributed by atoms with Gasteiger partial charge in [-0.2, -0.15) is 18.4 Å². The van der Waals surface area contributed by atoms with E-state index >= 15 is 0 Å². The molecular formula is C56H30F3N. The lowest BCUT2D eigenvalue weighted by atomic mass is 9.84. The Morgan fingerprint density at radius 3 is 1.53 bits per heavy atom. The van der Waals surface area contributed by atoms with Crippen LogP contribution >= 0.6 is 0 Å². The largest absolute Gasteiger partial charge is 0.417 e. The number of hydrogen-bond acceptors (Lipinski definition) is 1. The van der Waals surface area contributed by atoms with Crippen LogP contribution in [0.5, 0.6) is 0 Å². The van der Waals surface area contributed by atoms with E-state index in [1.807, 2.05) is 24.3 Å². The molecule has 0 saturated heterocycles. The molecule has 60 heavy (non-hydrogen) atoms. The predicted molar refractivity (Wildman–Crippen MR) is 243 cm³/mol. The normalized spacial score (nSPS) is 12.2. The molecule has 0 atom stereocenters. The number of alkyl halides is 3. The average molecular weight is 774 g/mol. The summed E-state index contributed by atoms with van der Waals surface area (Å²) < 4.78 is 43.2. The standard InChI is InChI=1S/C56H30F3N/c57-56(58,59)48-28-32(31-60)24-25-38(48)36-17-9-16-35(29-36)37-26-27-45-51-41(37)20-10-23-44(51)54-49(33-12-3-1-4-13-33)47-30-46-40-19-8-7-18-39(40)42-21-11-22-43(52(42)46)53(47)50(55(45)54)34-14-5-2-6-15-34/h1-30H. The van der Waals surface area contributed by atoms with Crippen LogP contribution in [-0.2, 0) is 6.18 Å². The van der Waals surface area contributed by atoms with E-state index < -0.39 is 11.7 Å². The zero-order valence-electron chi connectivity index (χ0n) is 31.9. The van der Waals surface area contributed by atoms with Gasteiger partial charge in [-0.05, 0) is 144 Å². The third-order valence-corrected chi connectivity index (χ3v) is 12.6. The van der Waals surface area contributed by atoms with Crippen LogP contribution in [0.25, 0.3) is 120 Å². The molecule has 12 rings (SSSR count). The fraction of sp³-hybridized carbons (Fsp3) is 0.0179. The molecule has 0 aromatic heterocycles. The second kappa shape index (κ2) is 12.6. The van der Waals surface area contributed by atoms with E-state index in [9.17, 15) is 18.4 Å². The topological polar surface area (TPSA) is 23.8 Å². The molecule has 0 N–H and O–H groups in total. The number of rotatable bonds is 4. The van der Waals surface area contributed by atoms with Crippen molar-refractivity contribution in [3.63, 3.8) is 0 Å². The van der Waals surface area contributed by atoms with Crippen LogP contribution in [0.15, 0.2) is 182 Å². The molecule has 4 heteroatoms. The Kier molecular flexibility index (Phi) is 7.22. The highest BCUT2D eigenvalue weighted by molar-refractivity contribution is 6.45. The Hall–Kier alpha value is -7.74. The minimum Gasteiger partial charge on any atom is -0.192 e. The van der Waals surface area contributed by atoms with Crippen molar-refractivity contribution in [2.24, 2.45) is 0 Å². The van der Waals surface area contributed by atoms with Crippen molar-refractivity contribution in [1.29, 1.82) is 5.26 Å². The molecule has 12 aromatic rings. The first-order valence-electron chi connectivity index (χ1n) is 20.0. The monoisotopic (exact) mass is 773 g/mol. The number of benzene rings is 10. The molecule has 0 spiro atoms. The third kappa shape index (κ3) is 4.81. The van der Waals surface area contributed by atoms with Crippen molar-refractivity contribution in [2.45, 2.75) is 6.18 Å². The molecule has 12 aromatic carbocycles. The maximum absolute atomic E-state index is 14.4. The highest BCUT2D eigenvalue weighted by Gasteiger charge is 2.34. The van der Waals surface area contributed by atoms with Gasteiger partial charge in [-0.15, -0.1) is 0 Å². The van der Waals surface area contributed by atoms with Gasteiger partial charge in [0.15, 0.2) is 0 Å². The Morgan fingerprint density at radius 2 is 0.833 bits per heavy atom. The van der Waals surface area contributed by atoms with Crippen LogP contribution in [0.3, 0.4) is 0 Å². The highest BCUT2D eigenvalue weighted by atomic mass is 19.4. The number of fused-ring (bicyclic) bond motifs is 8. The molecular weight excluding hydrogens is 744 g/mol. The first kappa shape index (κ1) is 34.3. The summed E-state index contributed by atoms with van der Waals surface area (Å²) in [6.45, 7) is 0. The van der Waals surface area contributed by atoms with Crippen LogP contribution in [-0.4, -0.2) is 0 Å².